The largest absolute Gasteiger partial charge is 0.485 e. The fourth-order valence-electron chi connectivity index (χ4n) is 4.22. The summed E-state index contributed by atoms with van der Waals surface area (Å²) in [5.74, 6) is -0.480. The van der Waals surface area contributed by atoms with Crippen LogP contribution < -0.4 is 10.1 Å². The first-order valence-corrected chi connectivity index (χ1v) is 13.3. The number of hydrogen-bond acceptors (Lipinski definition) is 6. The monoisotopic (exact) mass is 563 g/mol. The Hall–Kier alpha value is -3.37. The minimum atomic E-state index is -4.39. The highest BCUT2D eigenvalue weighted by molar-refractivity contribution is 7.14. The molecule has 0 bridgehead atoms. The number of ether oxygens (including phenoxy) is 2. The lowest BCUT2D eigenvalue weighted by molar-refractivity contribution is -0.145. The fraction of sp³-hybridized carbons (Fsp3) is 0.379. The Morgan fingerprint density at radius 3 is 2.18 bits per heavy atom. The van der Waals surface area contributed by atoms with Crippen LogP contribution in [-0.2, 0) is 15.7 Å². The molecule has 2 aromatic carbocycles. The molecule has 1 aromatic heterocycles. The van der Waals surface area contributed by atoms with Crippen LogP contribution >= 0.6 is 11.3 Å². The summed E-state index contributed by atoms with van der Waals surface area (Å²) in [6, 6.07) is 12.2. The van der Waals surface area contributed by atoms with Crippen LogP contribution in [0.4, 0.5) is 13.2 Å². The van der Waals surface area contributed by atoms with Crippen molar-refractivity contribution in [2.24, 2.45) is 5.92 Å². The van der Waals surface area contributed by atoms with Gasteiger partial charge in [0.25, 0.3) is 5.91 Å². The summed E-state index contributed by atoms with van der Waals surface area (Å²) < 4.78 is 50.0. The number of benzene rings is 2. The number of esters is 1. The van der Waals surface area contributed by atoms with Gasteiger partial charge in [0.1, 0.15) is 18.1 Å². The van der Waals surface area contributed by atoms with Crippen molar-refractivity contribution in [3.63, 3.8) is 0 Å². The van der Waals surface area contributed by atoms with Crippen molar-refractivity contribution in [3.8, 4) is 16.9 Å². The molecule has 3 aromatic rings. The van der Waals surface area contributed by atoms with Gasteiger partial charge < -0.3 is 19.9 Å². The van der Waals surface area contributed by atoms with Gasteiger partial charge in [-0.2, -0.15) is 13.2 Å². The summed E-state index contributed by atoms with van der Waals surface area (Å²) in [4.78, 5) is 25.3. The van der Waals surface area contributed by atoms with Crippen molar-refractivity contribution < 1.29 is 37.3 Å². The number of aliphatic hydroxyl groups excluding tert-OH is 1. The average Bonchev–Trinajstić information content (AvgIpc) is 3.32. The van der Waals surface area contributed by atoms with Crippen LogP contribution in [0.3, 0.4) is 0 Å². The number of aliphatic hydroxyl groups is 1. The van der Waals surface area contributed by atoms with Gasteiger partial charge in [0.2, 0.25) is 0 Å². The zero-order valence-electron chi connectivity index (χ0n) is 22.4. The zero-order valence-corrected chi connectivity index (χ0v) is 23.2. The maximum atomic E-state index is 13.0. The van der Waals surface area contributed by atoms with E-state index in [0.717, 1.165) is 33.7 Å². The quantitative estimate of drug-likeness (QED) is 0.209. The van der Waals surface area contributed by atoms with Crippen molar-refractivity contribution in [1.29, 1.82) is 0 Å². The number of amides is 1. The van der Waals surface area contributed by atoms with E-state index in [2.05, 4.69) is 5.32 Å². The molecule has 2 atom stereocenters. The first-order valence-electron chi connectivity index (χ1n) is 12.5. The number of aryl methyl sites for hydroxylation is 2. The van der Waals surface area contributed by atoms with Gasteiger partial charge >= 0.3 is 12.1 Å². The second-order valence-electron chi connectivity index (χ2n) is 9.49. The van der Waals surface area contributed by atoms with Gasteiger partial charge in [-0.3, -0.25) is 9.59 Å². The van der Waals surface area contributed by atoms with Gasteiger partial charge in [0, 0.05) is 4.88 Å². The van der Waals surface area contributed by atoms with Crippen LogP contribution in [0.15, 0.2) is 48.5 Å². The molecule has 0 saturated carbocycles. The summed E-state index contributed by atoms with van der Waals surface area (Å²) in [5, 5.41) is 12.4. The Balaban J connectivity index is 1.76. The molecule has 0 saturated heterocycles. The third kappa shape index (κ3) is 7.83. The molecule has 0 aliphatic rings. The van der Waals surface area contributed by atoms with Crippen LogP contribution in [0.2, 0.25) is 0 Å². The smallest absolute Gasteiger partial charge is 0.416 e. The first-order chi connectivity index (χ1) is 18.3. The van der Waals surface area contributed by atoms with E-state index < -0.39 is 29.8 Å². The summed E-state index contributed by atoms with van der Waals surface area (Å²) >= 11 is 1.22. The van der Waals surface area contributed by atoms with Gasteiger partial charge in [0.15, 0.2) is 0 Å². The lowest BCUT2D eigenvalue weighted by atomic mass is 9.94. The summed E-state index contributed by atoms with van der Waals surface area (Å²) in [6.45, 7) is 9.58. The van der Waals surface area contributed by atoms with E-state index in [1.165, 1.54) is 23.5 Å². The highest BCUT2D eigenvalue weighted by atomic mass is 32.1. The predicted octanol–water partition coefficient (Wildman–Crippen LogP) is 6.83. The summed E-state index contributed by atoms with van der Waals surface area (Å²) in [5.41, 5.74) is 2.54. The minimum absolute atomic E-state index is 0.0455. The number of hydrogen-bond donors (Lipinski definition) is 2. The SMILES string of the molecule is CCOC(=O)C[C@H](O)NC(=O)c1ccc(C(Oc2cc(C)c(-c3ccc(C(F)(F)F)cc3)c(C)c2)C(C)C)s1. The molecule has 1 unspecified atom stereocenters. The average molecular weight is 564 g/mol. The van der Waals surface area contributed by atoms with E-state index in [1.54, 1.807) is 19.1 Å². The van der Waals surface area contributed by atoms with Gasteiger partial charge in [-0.05, 0) is 85.3 Å². The third-order valence-electron chi connectivity index (χ3n) is 5.97. The predicted molar refractivity (Wildman–Crippen MR) is 144 cm³/mol. The highest BCUT2D eigenvalue weighted by Gasteiger charge is 2.30. The molecule has 0 aliphatic carbocycles. The topological polar surface area (TPSA) is 84.9 Å². The Morgan fingerprint density at radius 2 is 1.64 bits per heavy atom. The summed E-state index contributed by atoms with van der Waals surface area (Å²) in [6.07, 6.45) is -6.49. The van der Waals surface area contributed by atoms with Gasteiger partial charge in [-0.15, -0.1) is 11.3 Å². The van der Waals surface area contributed by atoms with E-state index in [0.29, 0.717) is 16.2 Å². The van der Waals surface area contributed by atoms with Gasteiger partial charge in [-0.25, -0.2) is 0 Å². The molecular formula is C29H32F3NO5S. The number of nitrogens with one attached hydrogen (secondary N) is 1. The number of carbonyl (C=O) groups excluding carboxylic acids is 2. The van der Waals surface area contributed by atoms with Crippen molar-refractivity contribution in [2.45, 2.75) is 59.5 Å². The number of halogens is 3. The van der Waals surface area contributed by atoms with E-state index in [9.17, 15) is 27.9 Å². The number of alkyl halides is 3. The van der Waals surface area contributed by atoms with Gasteiger partial charge in [-0.1, -0.05) is 26.0 Å². The molecule has 0 radical (unpaired) electrons. The Kier molecular flexibility index (Phi) is 9.79. The molecule has 0 aliphatic heterocycles. The molecule has 3 rings (SSSR count). The zero-order chi connectivity index (χ0) is 28.9. The molecule has 0 fully saturated rings. The van der Waals surface area contributed by atoms with Crippen LogP contribution in [0.25, 0.3) is 11.1 Å². The lowest BCUT2D eigenvalue weighted by Gasteiger charge is -2.23. The third-order valence-corrected chi connectivity index (χ3v) is 7.12. The van der Waals surface area contributed by atoms with E-state index in [4.69, 9.17) is 9.47 Å². The summed E-state index contributed by atoms with van der Waals surface area (Å²) in [7, 11) is 0. The second kappa shape index (κ2) is 12.7. The molecule has 1 heterocycles. The van der Waals surface area contributed by atoms with Crippen LogP contribution in [-0.4, -0.2) is 29.8 Å². The minimum Gasteiger partial charge on any atom is -0.485 e. The normalized spacial score (nSPS) is 13.2. The first kappa shape index (κ1) is 30.2. The van der Waals surface area contributed by atoms with Crippen LogP contribution in [0, 0.1) is 19.8 Å². The number of thiophene rings is 1. The Bertz CT molecular complexity index is 1280. The maximum absolute atomic E-state index is 13.0. The molecular weight excluding hydrogens is 531 g/mol. The van der Waals surface area contributed by atoms with E-state index >= 15 is 0 Å². The molecule has 6 nitrogen and oxygen atoms in total. The highest BCUT2D eigenvalue weighted by Crippen LogP contribution is 2.37. The number of carbonyl (C=O) groups is 2. The standard InChI is InChI=1S/C29H32F3NO5S/c1-6-37-25(35)15-24(34)33-28(36)23-12-11-22(39-23)27(16(2)3)38-21-13-17(4)26(18(5)14-21)19-7-9-20(10-8-19)29(30,31)32/h7-14,16,24,27,34H,6,15H2,1-5H3,(H,33,36)/t24-,27?/m0/s1. The van der Waals surface area contributed by atoms with Crippen LogP contribution in [0.5, 0.6) is 5.75 Å². The van der Waals surface area contributed by atoms with Crippen LogP contribution in [0.1, 0.15) is 64.5 Å². The number of rotatable bonds is 10. The van der Waals surface area contributed by atoms with E-state index in [1.807, 2.05) is 39.8 Å². The molecule has 210 valence electrons. The fourth-order valence-corrected chi connectivity index (χ4v) is 5.34. The Labute approximate surface area is 229 Å². The Morgan fingerprint density at radius 1 is 1.03 bits per heavy atom. The molecule has 0 spiro atoms. The molecule has 10 heteroatoms. The maximum Gasteiger partial charge on any atom is 0.416 e. The molecule has 1 amide bonds. The van der Waals surface area contributed by atoms with Crippen molar-refractivity contribution in [2.75, 3.05) is 6.61 Å². The molecule has 2 N–H and O–H groups in total. The lowest BCUT2D eigenvalue weighted by Crippen LogP contribution is -2.36. The van der Waals surface area contributed by atoms with Gasteiger partial charge in [0.05, 0.1) is 23.5 Å². The van der Waals surface area contributed by atoms with Crippen molar-refractivity contribution in [3.05, 3.63) is 75.0 Å². The van der Waals surface area contributed by atoms with E-state index in [-0.39, 0.29) is 25.0 Å². The van der Waals surface area contributed by atoms with Crippen molar-refractivity contribution >= 4 is 23.2 Å². The molecule has 39 heavy (non-hydrogen) atoms. The van der Waals surface area contributed by atoms with Crippen molar-refractivity contribution in [1.82, 2.24) is 5.32 Å². The second-order valence-corrected chi connectivity index (χ2v) is 10.6.